The summed E-state index contributed by atoms with van der Waals surface area (Å²) in [5.41, 5.74) is 2.50. The molecule has 1 aliphatic rings. The highest BCUT2D eigenvalue weighted by Crippen LogP contribution is 2.40. The number of benzene rings is 2. The fraction of sp³-hybridized carbons (Fsp3) is 0.393. The standard InChI is InChI=1S/C28H34BN4O4/c1-28(2,3)24(33-17-21(15-30-29-36-4)19-37-27(35)26(33)34)25-31-23(22-13-9-6-10-14-22)18-32(25)16-20-11-7-5-8-12-20/h5-14,18,21,24,30H,15-17,19H2,1-4H3/t21?,24-/m0/s1. The summed E-state index contributed by atoms with van der Waals surface area (Å²) in [5.74, 6) is -0.864. The maximum Gasteiger partial charge on any atom is 0.397 e. The van der Waals surface area contributed by atoms with E-state index in [4.69, 9.17) is 14.4 Å². The monoisotopic (exact) mass is 501 g/mol. The number of ether oxygens (including phenoxy) is 1. The molecular formula is C28H34BN4O4. The lowest BCUT2D eigenvalue weighted by molar-refractivity contribution is -0.160. The van der Waals surface area contributed by atoms with E-state index in [9.17, 15) is 9.59 Å². The van der Waals surface area contributed by atoms with Crippen LogP contribution >= 0.6 is 0 Å². The van der Waals surface area contributed by atoms with E-state index in [2.05, 4.69) is 42.7 Å². The number of amides is 1. The second kappa shape index (κ2) is 11.7. The van der Waals surface area contributed by atoms with Crippen LogP contribution in [0.25, 0.3) is 11.3 Å². The summed E-state index contributed by atoms with van der Waals surface area (Å²) in [7, 11) is 3.04. The van der Waals surface area contributed by atoms with Crippen LogP contribution in [0.15, 0.2) is 66.9 Å². The van der Waals surface area contributed by atoms with Crippen LogP contribution in [0.4, 0.5) is 0 Å². The number of aromatic nitrogens is 2. The number of carbonyl (C=O) groups is 2. The highest BCUT2D eigenvalue weighted by Gasteiger charge is 2.43. The van der Waals surface area contributed by atoms with E-state index in [0.717, 1.165) is 22.6 Å². The molecule has 3 aromatic rings. The largest absolute Gasteiger partial charge is 0.458 e. The molecule has 1 aliphatic heterocycles. The summed E-state index contributed by atoms with van der Waals surface area (Å²) in [6.07, 6.45) is 2.03. The van der Waals surface area contributed by atoms with Crippen molar-refractivity contribution in [3.05, 3.63) is 78.2 Å². The van der Waals surface area contributed by atoms with E-state index in [1.165, 1.54) is 7.62 Å². The Labute approximate surface area is 219 Å². The molecule has 37 heavy (non-hydrogen) atoms. The summed E-state index contributed by atoms with van der Waals surface area (Å²) in [6.45, 7) is 7.77. The van der Waals surface area contributed by atoms with Crippen LogP contribution in [0.3, 0.4) is 0 Å². The van der Waals surface area contributed by atoms with Gasteiger partial charge in [-0.1, -0.05) is 81.4 Å². The molecule has 193 valence electrons. The van der Waals surface area contributed by atoms with Crippen LogP contribution in [-0.4, -0.2) is 60.8 Å². The number of rotatable bonds is 9. The Bertz CT molecular complexity index is 1190. The molecule has 1 amide bonds. The minimum Gasteiger partial charge on any atom is -0.458 e. The number of hydrogen-bond donors (Lipinski definition) is 1. The maximum atomic E-state index is 13.4. The molecule has 2 atom stereocenters. The SMILES string of the molecule is CO[B]NCC1COC(=O)C(=O)N([C@@H](c2nc(-c3ccccc3)cn2Cc2ccccc2)C(C)(C)C)C1. The smallest absolute Gasteiger partial charge is 0.397 e. The predicted molar refractivity (Wildman–Crippen MR) is 142 cm³/mol. The van der Waals surface area contributed by atoms with Crippen LogP contribution in [-0.2, 0) is 25.5 Å². The summed E-state index contributed by atoms with van der Waals surface area (Å²) in [4.78, 5) is 32.8. The molecule has 1 N–H and O–H groups in total. The third-order valence-corrected chi connectivity index (χ3v) is 6.40. The van der Waals surface area contributed by atoms with Crippen LogP contribution in [0, 0.1) is 11.3 Å². The molecule has 1 saturated heterocycles. The molecule has 1 radical (unpaired) electrons. The predicted octanol–water partition coefficient (Wildman–Crippen LogP) is 3.46. The number of esters is 1. The first-order chi connectivity index (χ1) is 17.8. The number of carbonyl (C=O) groups excluding carboxylic acids is 2. The van der Waals surface area contributed by atoms with Crippen molar-refractivity contribution < 1.29 is 19.0 Å². The van der Waals surface area contributed by atoms with Crippen molar-refractivity contribution in [3.8, 4) is 11.3 Å². The number of cyclic esters (lactones) is 1. The molecule has 4 rings (SSSR count). The van der Waals surface area contributed by atoms with Crippen LogP contribution in [0.1, 0.15) is 38.2 Å². The van der Waals surface area contributed by atoms with Gasteiger partial charge in [0.15, 0.2) is 0 Å². The highest BCUT2D eigenvalue weighted by molar-refractivity contribution is 6.32. The van der Waals surface area contributed by atoms with Gasteiger partial charge < -0.3 is 24.1 Å². The molecule has 0 aliphatic carbocycles. The number of hydrogen-bond acceptors (Lipinski definition) is 6. The van der Waals surface area contributed by atoms with Gasteiger partial charge in [-0.05, 0) is 17.5 Å². The molecule has 1 unspecified atom stereocenters. The Hall–Kier alpha value is -3.43. The van der Waals surface area contributed by atoms with Gasteiger partial charge in [0.05, 0.1) is 18.3 Å². The summed E-state index contributed by atoms with van der Waals surface area (Å²) in [6, 6.07) is 19.7. The van der Waals surface area contributed by atoms with E-state index in [1.54, 1.807) is 12.0 Å². The number of nitrogens with zero attached hydrogens (tertiary/aromatic N) is 3. The lowest BCUT2D eigenvalue weighted by Gasteiger charge is -2.39. The summed E-state index contributed by atoms with van der Waals surface area (Å²) < 4.78 is 12.4. The Morgan fingerprint density at radius 1 is 1.11 bits per heavy atom. The first-order valence-corrected chi connectivity index (χ1v) is 12.5. The van der Waals surface area contributed by atoms with Crippen LogP contribution < -0.4 is 5.23 Å². The average molecular weight is 501 g/mol. The van der Waals surface area contributed by atoms with Gasteiger partial charge in [0, 0.05) is 37.9 Å². The molecule has 2 aromatic carbocycles. The Morgan fingerprint density at radius 3 is 2.43 bits per heavy atom. The fourth-order valence-electron chi connectivity index (χ4n) is 4.73. The number of imidazole rings is 1. The van der Waals surface area contributed by atoms with Gasteiger partial charge in [-0.15, -0.1) is 0 Å². The summed E-state index contributed by atoms with van der Waals surface area (Å²) >= 11 is 0. The molecule has 0 spiro atoms. The maximum absolute atomic E-state index is 13.4. The van der Waals surface area contributed by atoms with Crippen molar-refractivity contribution in [2.75, 3.05) is 26.8 Å². The highest BCUT2D eigenvalue weighted by atomic mass is 16.5. The average Bonchev–Trinajstić information content (AvgIpc) is 3.23. The van der Waals surface area contributed by atoms with Crippen molar-refractivity contribution in [2.45, 2.75) is 33.4 Å². The molecule has 1 fully saturated rings. The van der Waals surface area contributed by atoms with Gasteiger partial charge in [0.1, 0.15) is 5.82 Å². The normalized spacial score (nSPS) is 17.3. The first kappa shape index (κ1) is 26.6. The summed E-state index contributed by atoms with van der Waals surface area (Å²) in [5, 5.41) is 3.07. The lowest BCUT2D eigenvalue weighted by atomic mass is 9.84. The van der Waals surface area contributed by atoms with Gasteiger partial charge in [-0.3, -0.25) is 4.79 Å². The topological polar surface area (TPSA) is 85.7 Å². The third kappa shape index (κ3) is 6.48. The van der Waals surface area contributed by atoms with E-state index in [-0.39, 0.29) is 12.5 Å². The molecule has 0 bridgehead atoms. The van der Waals surface area contributed by atoms with Gasteiger partial charge in [0.25, 0.3) is 0 Å². The molecule has 1 aromatic heterocycles. The Morgan fingerprint density at radius 2 is 1.78 bits per heavy atom. The second-order valence-electron chi connectivity index (χ2n) is 10.4. The second-order valence-corrected chi connectivity index (χ2v) is 10.4. The van der Waals surface area contributed by atoms with Gasteiger partial charge in [-0.2, -0.15) is 0 Å². The number of nitrogens with one attached hydrogen (secondary N) is 1. The third-order valence-electron chi connectivity index (χ3n) is 6.40. The first-order valence-electron chi connectivity index (χ1n) is 12.5. The van der Waals surface area contributed by atoms with E-state index < -0.39 is 23.3 Å². The van der Waals surface area contributed by atoms with Gasteiger partial charge in [0.2, 0.25) is 0 Å². The molecule has 0 saturated carbocycles. The van der Waals surface area contributed by atoms with Crippen LogP contribution in [0.2, 0.25) is 0 Å². The minimum atomic E-state index is -0.836. The molecule has 8 nitrogen and oxygen atoms in total. The Balaban J connectivity index is 1.79. The molecule has 9 heteroatoms. The quantitative estimate of drug-likeness (QED) is 0.209. The van der Waals surface area contributed by atoms with Crippen molar-refractivity contribution in [2.24, 2.45) is 11.3 Å². The minimum absolute atomic E-state index is 0.113. The zero-order valence-corrected chi connectivity index (χ0v) is 21.9. The molecule has 2 heterocycles. The van der Waals surface area contributed by atoms with E-state index in [1.807, 2.05) is 54.7 Å². The fourth-order valence-corrected chi connectivity index (χ4v) is 4.73. The Kier molecular flexibility index (Phi) is 8.46. The van der Waals surface area contributed by atoms with Gasteiger partial charge in [-0.25, -0.2) is 9.78 Å². The van der Waals surface area contributed by atoms with Crippen molar-refractivity contribution in [3.63, 3.8) is 0 Å². The van der Waals surface area contributed by atoms with Crippen LogP contribution in [0.5, 0.6) is 0 Å². The zero-order valence-electron chi connectivity index (χ0n) is 21.9. The van der Waals surface area contributed by atoms with Crippen molar-refractivity contribution in [1.82, 2.24) is 19.7 Å². The molecular weight excluding hydrogens is 467 g/mol. The van der Waals surface area contributed by atoms with E-state index in [0.29, 0.717) is 19.6 Å². The zero-order chi connectivity index (χ0) is 26.4. The van der Waals surface area contributed by atoms with Crippen molar-refractivity contribution >= 4 is 19.5 Å². The van der Waals surface area contributed by atoms with E-state index >= 15 is 0 Å². The van der Waals surface area contributed by atoms with Crippen molar-refractivity contribution in [1.29, 1.82) is 0 Å². The lowest BCUT2D eigenvalue weighted by Crippen LogP contribution is -2.47. The van der Waals surface area contributed by atoms with Gasteiger partial charge >= 0.3 is 19.5 Å².